The van der Waals surface area contributed by atoms with Gasteiger partial charge in [-0.15, -0.1) is 0 Å². The summed E-state index contributed by atoms with van der Waals surface area (Å²) in [4.78, 5) is 73.1. The molecule has 3 N–H and O–H groups in total. The summed E-state index contributed by atoms with van der Waals surface area (Å²) in [5, 5.41) is 10.7. The number of hydrogen-bond donors (Lipinski definition) is 3. The molecule has 0 fully saturated rings. The van der Waals surface area contributed by atoms with Crippen LogP contribution >= 0.6 is 15.6 Å². The maximum absolute atomic E-state index is 13.1. The molecule has 0 spiro atoms. The molecule has 102 heavy (non-hydrogen) atoms. The van der Waals surface area contributed by atoms with E-state index >= 15 is 0 Å². The summed E-state index contributed by atoms with van der Waals surface area (Å²) < 4.78 is 68.8. The zero-order valence-electron chi connectivity index (χ0n) is 67.1. The van der Waals surface area contributed by atoms with Crippen LogP contribution in [0.5, 0.6) is 0 Å². The van der Waals surface area contributed by atoms with Gasteiger partial charge in [0.2, 0.25) is 0 Å². The number of hydrogen-bond acceptors (Lipinski definition) is 15. The first kappa shape index (κ1) is 100. The van der Waals surface area contributed by atoms with Crippen LogP contribution in [0.25, 0.3) is 0 Å². The number of aliphatic hydroxyl groups excluding tert-OH is 1. The molecule has 0 aromatic carbocycles. The smallest absolute Gasteiger partial charge is 0.462 e. The lowest BCUT2D eigenvalue weighted by Crippen LogP contribution is -2.30. The van der Waals surface area contributed by atoms with Gasteiger partial charge in [0.25, 0.3) is 0 Å². The number of carbonyl (C=O) groups excluding carboxylic acids is 4. The highest BCUT2D eigenvalue weighted by atomic mass is 31.2. The first-order valence-corrected chi connectivity index (χ1v) is 45.9. The Hall–Kier alpha value is -1.94. The van der Waals surface area contributed by atoms with Gasteiger partial charge in [-0.3, -0.25) is 37.3 Å². The normalized spacial score (nSPS) is 14.2. The maximum atomic E-state index is 13.1. The minimum absolute atomic E-state index is 0.106. The highest BCUT2D eigenvalue weighted by molar-refractivity contribution is 7.47. The van der Waals surface area contributed by atoms with Crippen molar-refractivity contribution in [2.75, 3.05) is 39.6 Å². The van der Waals surface area contributed by atoms with Crippen molar-refractivity contribution >= 4 is 39.5 Å². The Balaban J connectivity index is 5.23. The number of aliphatic hydroxyl groups is 1. The molecule has 0 rings (SSSR count). The molecule has 0 bridgehead atoms. The molecule has 0 radical (unpaired) electrons. The average molecular weight is 1490 g/mol. The molecular formula is C83H162O17P2. The van der Waals surface area contributed by atoms with Gasteiger partial charge in [0, 0.05) is 25.7 Å². The Morgan fingerprint density at radius 2 is 0.500 bits per heavy atom. The summed E-state index contributed by atoms with van der Waals surface area (Å²) >= 11 is 0. The number of ether oxygens (including phenoxy) is 4. The fraction of sp³-hybridized carbons (Fsp3) is 0.952. The third-order valence-corrected chi connectivity index (χ3v) is 21.6. The lowest BCUT2D eigenvalue weighted by atomic mass is 9.99. The highest BCUT2D eigenvalue weighted by Gasteiger charge is 2.30. The van der Waals surface area contributed by atoms with Gasteiger partial charge in [-0.05, 0) is 43.4 Å². The van der Waals surface area contributed by atoms with Crippen molar-refractivity contribution in [1.29, 1.82) is 0 Å². The second-order valence-electron chi connectivity index (χ2n) is 31.1. The minimum atomic E-state index is -4.96. The lowest BCUT2D eigenvalue weighted by Gasteiger charge is -2.21. The molecular weight excluding hydrogens is 1330 g/mol. The average Bonchev–Trinajstić information content (AvgIpc) is 0.917. The summed E-state index contributed by atoms with van der Waals surface area (Å²) in [6.45, 7) is 12.0. The molecule has 3 unspecified atom stereocenters. The van der Waals surface area contributed by atoms with Crippen molar-refractivity contribution in [3.63, 3.8) is 0 Å². The molecule has 6 atom stereocenters. The van der Waals surface area contributed by atoms with E-state index in [4.69, 9.17) is 37.0 Å². The fourth-order valence-corrected chi connectivity index (χ4v) is 14.4. The molecule has 606 valence electrons. The molecule has 0 aromatic rings. The Morgan fingerprint density at radius 3 is 0.745 bits per heavy atom. The van der Waals surface area contributed by atoms with Crippen LogP contribution in [0.2, 0.25) is 0 Å². The van der Waals surface area contributed by atoms with E-state index in [0.29, 0.717) is 25.7 Å². The van der Waals surface area contributed by atoms with Crippen LogP contribution in [0.15, 0.2) is 0 Å². The molecule has 19 heteroatoms. The number of unbranched alkanes of at least 4 members (excludes halogenated alkanes) is 48. The number of phosphoric acid groups is 2. The lowest BCUT2D eigenvalue weighted by molar-refractivity contribution is -0.161. The van der Waals surface area contributed by atoms with Crippen molar-refractivity contribution in [1.82, 2.24) is 0 Å². The Bertz CT molecular complexity index is 1980. The van der Waals surface area contributed by atoms with Gasteiger partial charge in [0.05, 0.1) is 26.4 Å². The second-order valence-corrected chi connectivity index (χ2v) is 34.0. The van der Waals surface area contributed by atoms with Gasteiger partial charge < -0.3 is 33.8 Å². The van der Waals surface area contributed by atoms with Crippen LogP contribution in [-0.2, 0) is 65.4 Å². The van der Waals surface area contributed by atoms with Crippen LogP contribution in [0.4, 0.5) is 0 Å². The third-order valence-electron chi connectivity index (χ3n) is 19.7. The van der Waals surface area contributed by atoms with Crippen molar-refractivity contribution in [3.05, 3.63) is 0 Å². The van der Waals surface area contributed by atoms with Crippen molar-refractivity contribution < 1.29 is 80.2 Å². The van der Waals surface area contributed by atoms with E-state index in [2.05, 4.69) is 48.5 Å². The summed E-state index contributed by atoms with van der Waals surface area (Å²) in [5.41, 5.74) is 0. The van der Waals surface area contributed by atoms with E-state index in [1.165, 1.54) is 244 Å². The summed E-state index contributed by atoms with van der Waals surface area (Å²) in [7, 11) is -9.92. The molecule has 0 aromatic heterocycles. The molecule has 0 heterocycles. The van der Waals surface area contributed by atoms with Gasteiger partial charge in [-0.2, -0.15) is 0 Å². The van der Waals surface area contributed by atoms with E-state index < -0.39 is 97.5 Å². The zero-order chi connectivity index (χ0) is 75.1. The van der Waals surface area contributed by atoms with Crippen molar-refractivity contribution in [2.24, 2.45) is 17.8 Å². The third kappa shape index (κ3) is 74.9. The molecule has 0 amide bonds. The Labute approximate surface area is 626 Å². The summed E-state index contributed by atoms with van der Waals surface area (Å²) in [5.74, 6) is 0.207. The Morgan fingerprint density at radius 1 is 0.284 bits per heavy atom. The van der Waals surface area contributed by atoms with Crippen LogP contribution in [0.3, 0.4) is 0 Å². The number of esters is 4. The van der Waals surface area contributed by atoms with E-state index in [-0.39, 0.29) is 25.7 Å². The van der Waals surface area contributed by atoms with E-state index in [1.54, 1.807) is 0 Å². The topological polar surface area (TPSA) is 237 Å². The van der Waals surface area contributed by atoms with Crippen LogP contribution in [-0.4, -0.2) is 96.7 Å². The molecule has 0 aliphatic heterocycles. The van der Waals surface area contributed by atoms with Gasteiger partial charge >= 0.3 is 39.5 Å². The second kappa shape index (κ2) is 73.2. The summed E-state index contributed by atoms with van der Waals surface area (Å²) in [6, 6.07) is 0. The maximum Gasteiger partial charge on any atom is 0.472 e. The van der Waals surface area contributed by atoms with Crippen LogP contribution < -0.4 is 0 Å². The SMILES string of the molecule is CCCCCCCCCCCCCCCCCCCCCCCCC(=O)O[C@H](COC(=O)CCCCCCCCCCCCCC(C)C)COP(=O)(O)OC[C@@H](O)COP(=O)(O)OC[C@@H](COC(=O)CCCCCCCCCCCC(C)C)OC(=O)CCCCCCCCCCCCC(C)CC. The number of rotatable bonds is 81. The predicted molar refractivity (Wildman–Crippen MR) is 418 cm³/mol. The first-order valence-electron chi connectivity index (χ1n) is 42.9. The van der Waals surface area contributed by atoms with Crippen LogP contribution in [0, 0.1) is 17.8 Å². The fourth-order valence-electron chi connectivity index (χ4n) is 12.8. The highest BCUT2D eigenvalue weighted by Crippen LogP contribution is 2.45. The largest absolute Gasteiger partial charge is 0.472 e. The quantitative estimate of drug-likeness (QED) is 0.0222. The van der Waals surface area contributed by atoms with Crippen molar-refractivity contribution in [2.45, 2.75) is 452 Å². The summed E-state index contributed by atoms with van der Waals surface area (Å²) in [6.07, 6.45) is 62.5. The van der Waals surface area contributed by atoms with Crippen molar-refractivity contribution in [3.8, 4) is 0 Å². The molecule has 17 nitrogen and oxygen atoms in total. The van der Waals surface area contributed by atoms with Gasteiger partial charge in [-0.1, -0.05) is 382 Å². The van der Waals surface area contributed by atoms with Crippen LogP contribution in [0.1, 0.15) is 434 Å². The molecule has 0 aliphatic carbocycles. The van der Waals surface area contributed by atoms with Gasteiger partial charge in [0.15, 0.2) is 12.2 Å². The number of phosphoric ester groups is 2. The van der Waals surface area contributed by atoms with Gasteiger partial charge in [0.1, 0.15) is 19.3 Å². The predicted octanol–water partition coefficient (Wildman–Crippen LogP) is 24.9. The van der Waals surface area contributed by atoms with E-state index in [9.17, 15) is 43.2 Å². The Kier molecular flexibility index (Phi) is 71.8. The van der Waals surface area contributed by atoms with E-state index in [0.717, 1.165) is 108 Å². The van der Waals surface area contributed by atoms with E-state index in [1.807, 2.05) is 0 Å². The number of carbonyl (C=O) groups is 4. The molecule has 0 saturated heterocycles. The molecule has 0 aliphatic rings. The van der Waals surface area contributed by atoms with Gasteiger partial charge in [-0.25, -0.2) is 9.13 Å². The zero-order valence-corrected chi connectivity index (χ0v) is 68.9. The molecule has 0 saturated carbocycles. The minimum Gasteiger partial charge on any atom is -0.462 e. The first-order chi connectivity index (χ1) is 49.3. The standard InChI is InChI=1S/C83H162O17P2/c1-8-10-11-12-13-14-15-16-17-18-19-20-21-22-23-24-25-28-37-45-52-59-66-82(87)99-78(70-93-80(85)64-57-50-43-36-29-26-27-33-40-47-54-61-74(3)4)72-97-101(89,90)95-68-77(84)69-96-102(91,92)98-73-79(71-94-81(86)65-58-51-44-39-32-34-41-48-55-62-75(5)6)100-83(88)67-60-53-46-38-31-30-35-42-49-56-63-76(7)9-2/h74-79,84H,8-73H2,1-7H3,(H,89,90)(H,91,92)/t76?,77-,78-,79-/m1/s1. The monoisotopic (exact) mass is 1490 g/mol.